The summed E-state index contributed by atoms with van der Waals surface area (Å²) in [5.74, 6) is 0.0539. The van der Waals surface area contributed by atoms with E-state index in [0.29, 0.717) is 11.4 Å². The first-order valence-electron chi connectivity index (χ1n) is 7.65. The van der Waals surface area contributed by atoms with Crippen molar-refractivity contribution in [1.82, 2.24) is 5.32 Å². The van der Waals surface area contributed by atoms with Gasteiger partial charge in [0.05, 0.1) is 6.10 Å². The number of benzene rings is 1. The first-order chi connectivity index (χ1) is 10.2. The second-order valence-corrected chi connectivity index (χ2v) is 6.96. The summed E-state index contributed by atoms with van der Waals surface area (Å²) in [7, 11) is 0. The van der Waals surface area contributed by atoms with Gasteiger partial charge in [-0.25, -0.2) is 0 Å². The number of amides is 1. The number of carbonyl (C=O) groups excluding carboxylic acids is 1. The van der Waals surface area contributed by atoms with Crippen molar-refractivity contribution >= 4 is 23.4 Å². The fourth-order valence-corrected chi connectivity index (χ4v) is 4.01. The van der Waals surface area contributed by atoms with E-state index in [2.05, 4.69) is 42.7 Å². The Labute approximate surface area is 130 Å². The van der Waals surface area contributed by atoms with Crippen LogP contribution in [0.3, 0.4) is 0 Å². The van der Waals surface area contributed by atoms with Crippen LogP contribution >= 0.6 is 11.8 Å². The zero-order valence-electron chi connectivity index (χ0n) is 12.5. The predicted molar refractivity (Wildman–Crippen MR) is 85.8 cm³/mol. The Kier molecular flexibility index (Phi) is 4.52. The Hall–Kier alpha value is -1.04. The topological polar surface area (TPSA) is 50.4 Å². The molecule has 3 rings (SSSR count). The van der Waals surface area contributed by atoms with Crippen LogP contribution in [0.15, 0.2) is 23.1 Å². The minimum atomic E-state index is -0.201. The smallest absolute Gasteiger partial charge is 0.246 e. The zero-order chi connectivity index (χ0) is 14.8. The molecule has 21 heavy (non-hydrogen) atoms. The van der Waals surface area contributed by atoms with E-state index >= 15 is 0 Å². The van der Waals surface area contributed by atoms with Gasteiger partial charge >= 0.3 is 0 Å². The number of fused-ring (bicyclic) bond motifs is 1. The van der Waals surface area contributed by atoms with Crippen LogP contribution < -0.4 is 10.6 Å². The molecule has 5 heteroatoms. The van der Waals surface area contributed by atoms with Crippen LogP contribution in [0.2, 0.25) is 0 Å². The number of rotatable bonds is 5. The summed E-state index contributed by atoms with van der Waals surface area (Å²) >= 11 is 1.85. The maximum Gasteiger partial charge on any atom is 0.246 e. The Morgan fingerprint density at radius 1 is 1.48 bits per heavy atom. The molecule has 0 aromatic heterocycles. The van der Waals surface area contributed by atoms with Gasteiger partial charge in [-0.3, -0.25) is 4.79 Å². The standard InChI is InChI=1S/C16H22N2O2S/c1-3-7-17-15-12-5-4-11(9-13(12)18-16(15)19)21-14-6-8-20-10(14)2/h4-5,9-10,14-15,17H,3,6-8H2,1-2H3,(H,18,19). The van der Waals surface area contributed by atoms with Crippen molar-refractivity contribution in [3.63, 3.8) is 0 Å². The summed E-state index contributed by atoms with van der Waals surface area (Å²) in [6, 6.07) is 6.09. The number of hydrogen-bond acceptors (Lipinski definition) is 4. The van der Waals surface area contributed by atoms with Gasteiger partial charge in [0.25, 0.3) is 0 Å². The van der Waals surface area contributed by atoms with Crippen LogP contribution in [-0.2, 0) is 9.53 Å². The minimum Gasteiger partial charge on any atom is -0.377 e. The Morgan fingerprint density at radius 3 is 3.05 bits per heavy atom. The highest BCUT2D eigenvalue weighted by molar-refractivity contribution is 8.00. The summed E-state index contributed by atoms with van der Waals surface area (Å²) < 4.78 is 5.61. The maximum absolute atomic E-state index is 12.0. The van der Waals surface area contributed by atoms with Crippen molar-refractivity contribution in [2.24, 2.45) is 0 Å². The molecular formula is C16H22N2O2S. The van der Waals surface area contributed by atoms with Gasteiger partial charge in [-0.1, -0.05) is 13.0 Å². The summed E-state index contributed by atoms with van der Waals surface area (Å²) in [5, 5.41) is 6.79. The molecule has 0 radical (unpaired) electrons. The van der Waals surface area contributed by atoms with Crippen molar-refractivity contribution in [3.8, 4) is 0 Å². The molecular weight excluding hydrogens is 284 g/mol. The fourth-order valence-electron chi connectivity index (χ4n) is 2.85. The number of carbonyl (C=O) groups is 1. The van der Waals surface area contributed by atoms with E-state index in [-0.39, 0.29) is 11.9 Å². The van der Waals surface area contributed by atoms with Gasteiger partial charge < -0.3 is 15.4 Å². The van der Waals surface area contributed by atoms with Crippen LogP contribution in [0.25, 0.3) is 0 Å². The molecule has 0 aliphatic carbocycles. The maximum atomic E-state index is 12.0. The number of hydrogen-bond donors (Lipinski definition) is 2. The number of nitrogens with one attached hydrogen (secondary N) is 2. The normalized spacial score (nSPS) is 27.7. The lowest BCUT2D eigenvalue weighted by Gasteiger charge is -2.14. The first kappa shape index (κ1) is 14.9. The van der Waals surface area contributed by atoms with E-state index in [1.807, 2.05) is 11.8 Å². The van der Waals surface area contributed by atoms with Gasteiger partial charge in [-0.2, -0.15) is 0 Å². The summed E-state index contributed by atoms with van der Waals surface area (Å²) in [6.07, 6.45) is 2.42. The van der Waals surface area contributed by atoms with Crippen LogP contribution in [0.1, 0.15) is 38.3 Å². The van der Waals surface area contributed by atoms with Gasteiger partial charge in [-0.15, -0.1) is 11.8 Å². The van der Waals surface area contributed by atoms with Crippen LogP contribution in [0.5, 0.6) is 0 Å². The lowest BCUT2D eigenvalue weighted by atomic mass is 10.1. The quantitative estimate of drug-likeness (QED) is 0.878. The molecule has 1 amide bonds. The molecule has 0 spiro atoms. The Morgan fingerprint density at radius 2 is 2.33 bits per heavy atom. The SMILES string of the molecule is CCCNC1C(=O)Nc2cc(SC3CCOC3C)ccc21. The number of anilines is 1. The molecule has 2 heterocycles. The van der Waals surface area contributed by atoms with E-state index < -0.39 is 0 Å². The molecule has 1 aromatic carbocycles. The van der Waals surface area contributed by atoms with E-state index in [0.717, 1.165) is 37.2 Å². The molecule has 3 unspecified atom stereocenters. The molecule has 1 fully saturated rings. The van der Waals surface area contributed by atoms with E-state index in [4.69, 9.17) is 4.74 Å². The molecule has 2 N–H and O–H groups in total. The monoisotopic (exact) mass is 306 g/mol. The Bertz CT molecular complexity index is 535. The average Bonchev–Trinajstić information content (AvgIpc) is 3.00. The van der Waals surface area contributed by atoms with Gasteiger partial charge in [-0.05, 0) is 38.4 Å². The minimum absolute atomic E-state index is 0.0539. The molecule has 114 valence electrons. The molecule has 1 aromatic rings. The van der Waals surface area contributed by atoms with Gasteiger partial charge in [0, 0.05) is 28.0 Å². The molecule has 4 nitrogen and oxygen atoms in total. The second kappa shape index (κ2) is 6.38. The van der Waals surface area contributed by atoms with Crippen molar-refractivity contribution in [2.75, 3.05) is 18.5 Å². The van der Waals surface area contributed by atoms with Crippen molar-refractivity contribution in [3.05, 3.63) is 23.8 Å². The van der Waals surface area contributed by atoms with Crippen LogP contribution in [0, 0.1) is 0 Å². The van der Waals surface area contributed by atoms with Crippen molar-refractivity contribution < 1.29 is 9.53 Å². The van der Waals surface area contributed by atoms with Crippen molar-refractivity contribution in [2.45, 2.75) is 49.0 Å². The third-order valence-corrected chi connectivity index (χ3v) is 5.50. The van der Waals surface area contributed by atoms with E-state index in [1.165, 1.54) is 4.90 Å². The lowest BCUT2D eigenvalue weighted by Crippen LogP contribution is -2.27. The zero-order valence-corrected chi connectivity index (χ0v) is 13.3. The third-order valence-electron chi connectivity index (χ3n) is 4.05. The molecule has 2 aliphatic heterocycles. The Balaban J connectivity index is 1.73. The molecule has 0 saturated carbocycles. The van der Waals surface area contributed by atoms with Crippen LogP contribution in [0.4, 0.5) is 5.69 Å². The summed E-state index contributed by atoms with van der Waals surface area (Å²) in [6.45, 7) is 5.93. The molecule has 1 saturated heterocycles. The van der Waals surface area contributed by atoms with Gasteiger partial charge in [0.15, 0.2) is 0 Å². The van der Waals surface area contributed by atoms with Crippen LogP contribution in [-0.4, -0.2) is 30.4 Å². The first-order valence-corrected chi connectivity index (χ1v) is 8.53. The molecule has 0 bridgehead atoms. The van der Waals surface area contributed by atoms with Gasteiger partial charge in [0.1, 0.15) is 6.04 Å². The second-order valence-electron chi connectivity index (χ2n) is 5.65. The molecule has 3 atom stereocenters. The third kappa shape index (κ3) is 3.10. The highest BCUT2D eigenvalue weighted by Gasteiger charge is 2.31. The fraction of sp³-hybridized carbons (Fsp3) is 0.562. The predicted octanol–water partition coefficient (Wildman–Crippen LogP) is 2.95. The highest BCUT2D eigenvalue weighted by atomic mass is 32.2. The molecule has 2 aliphatic rings. The summed E-state index contributed by atoms with van der Waals surface area (Å²) in [4.78, 5) is 13.2. The number of ether oxygens (including phenoxy) is 1. The number of thioether (sulfide) groups is 1. The lowest BCUT2D eigenvalue weighted by molar-refractivity contribution is -0.117. The van der Waals surface area contributed by atoms with Crippen molar-refractivity contribution in [1.29, 1.82) is 0 Å². The largest absolute Gasteiger partial charge is 0.377 e. The summed E-state index contributed by atoms with van der Waals surface area (Å²) in [5.41, 5.74) is 2.01. The average molecular weight is 306 g/mol. The van der Waals surface area contributed by atoms with E-state index in [9.17, 15) is 4.79 Å². The highest BCUT2D eigenvalue weighted by Crippen LogP contribution is 2.38. The van der Waals surface area contributed by atoms with E-state index in [1.54, 1.807) is 0 Å². The van der Waals surface area contributed by atoms with Gasteiger partial charge in [0.2, 0.25) is 5.91 Å².